The predicted molar refractivity (Wildman–Crippen MR) is 127 cm³/mol. The van der Waals surface area contributed by atoms with Crippen LogP contribution in [0, 0.1) is 0 Å². The number of hydrogen-bond donors (Lipinski definition) is 0. The molecule has 0 aromatic heterocycles. The fraction of sp³-hybridized carbons (Fsp3) is 0.286. The number of hydrogen-bond acceptors (Lipinski definition) is 3. The van der Waals surface area contributed by atoms with Gasteiger partial charge in [0.25, 0.3) is 0 Å². The second-order valence-electron chi connectivity index (χ2n) is 9.00. The molecule has 0 atom stereocenters. The Bertz CT molecular complexity index is 1060. The van der Waals surface area contributed by atoms with Gasteiger partial charge in [-0.05, 0) is 23.6 Å². The molecular formula is C28H28N2O2. The first-order valence-corrected chi connectivity index (χ1v) is 11.3. The predicted octanol–water partition coefficient (Wildman–Crippen LogP) is 5.18. The molecule has 5 rings (SSSR count). The van der Waals surface area contributed by atoms with E-state index in [2.05, 4.69) is 41.6 Å². The molecule has 2 heterocycles. The number of oxime groups is 1. The second-order valence-corrected chi connectivity index (χ2v) is 9.00. The number of benzene rings is 3. The van der Waals surface area contributed by atoms with Gasteiger partial charge in [-0.3, -0.25) is 4.79 Å². The highest BCUT2D eigenvalue weighted by atomic mass is 16.7. The van der Waals surface area contributed by atoms with E-state index in [-0.39, 0.29) is 11.5 Å². The van der Waals surface area contributed by atoms with E-state index in [1.165, 1.54) is 0 Å². The minimum absolute atomic E-state index is 0.145. The zero-order valence-corrected chi connectivity index (χ0v) is 18.4. The van der Waals surface area contributed by atoms with Crippen molar-refractivity contribution in [1.29, 1.82) is 0 Å². The van der Waals surface area contributed by atoms with Crippen LogP contribution in [-0.4, -0.2) is 35.2 Å². The van der Waals surface area contributed by atoms with E-state index in [4.69, 9.17) is 4.84 Å². The molecule has 0 saturated carbocycles. The maximum atomic E-state index is 14.0. The number of piperidine rings is 1. The number of amides is 1. The van der Waals surface area contributed by atoms with Crippen molar-refractivity contribution in [3.63, 3.8) is 0 Å². The molecule has 2 aliphatic heterocycles. The van der Waals surface area contributed by atoms with Crippen LogP contribution in [0.2, 0.25) is 0 Å². The first-order valence-electron chi connectivity index (χ1n) is 11.3. The van der Waals surface area contributed by atoms with E-state index in [0.717, 1.165) is 41.7 Å². The Balaban J connectivity index is 1.34. The minimum Gasteiger partial charge on any atom is -0.388 e. The molecule has 1 amide bonds. The molecule has 4 nitrogen and oxygen atoms in total. The topological polar surface area (TPSA) is 41.9 Å². The Morgan fingerprint density at radius 3 is 1.88 bits per heavy atom. The first kappa shape index (κ1) is 20.5. The zero-order chi connectivity index (χ0) is 22.0. The molecule has 1 saturated heterocycles. The van der Waals surface area contributed by atoms with Crippen LogP contribution in [0.4, 0.5) is 0 Å². The van der Waals surface area contributed by atoms with Crippen molar-refractivity contribution in [2.45, 2.75) is 37.2 Å². The van der Waals surface area contributed by atoms with Crippen LogP contribution in [-0.2, 0) is 15.0 Å². The SMILES string of the molecule is CC(C(=O)N1CCC2(CC1)CC(c1ccccc1)=NO2)(c1ccccc1)c1ccccc1. The molecule has 0 unspecified atom stereocenters. The lowest BCUT2D eigenvalue weighted by Gasteiger charge is -2.41. The molecule has 3 aromatic rings. The maximum absolute atomic E-state index is 14.0. The van der Waals surface area contributed by atoms with E-state index in [1.54, 1.807) is 0 Å². The van der Waals surface area contributed by atoms with Crippen LogP contribution in [0.1, 0.15) is 42.9 Å². The number of likely N-dealkylation sites (tertiary alicyclic amines) is 1. The van der Waals surface area contributed by atoms with Gasteiger partial charge in [0.2, 0.25) is 5.91 Å². The maximum Gasteiger partial charge on any atom is 0.237 e. The Morgan fingerprint density at radius 1 is 0.844 bits per heavy atom. The number of rotatable bonds is 4. The van der Waals surface area contributed by atoms with Crippen LogP contribution in [0.5, 0.6) is 0 Å². The van der Waals surface area contributed by atoms with Crippen molar-refractivity contribution < 1.29 is 9.63 Å². The zero-order valence-electron chi connectivity index (χ0n) is 18.4. The Labute approximate surface area is 189 Å². The summed E-state index contributed by atoms with van der Waals surface area (Å²) in [5.74, 6) is 0.145. The lowest BCUT2D eigenvalue weighted by Crippen LogP contribution is -2.52. The standard InChI is InChI=1S/C28H28N2O2/c1-27(23-13-7-3-8-14-23,24-15-9-4-10-16-24)26(31)30-19-17-28(18-20-30)21-25(29-32-28)22-11-5-2-6-12-22/h2-16H,17-21H2,1H3. The van der Waals surface area contributed by atoms with Gasteiger partial charge in [-0.2, -0.15) is 0 Å². The smallest absolute Gasteiger partial charge is 0.237 e. The summed E-state index contributed by atoms with van der Waals surface area (Å²) in [5, 5.41) is 4.41. The Kier molecular flexibility index (Phi) is 5.30. The van der Waals surface area contributed by atoms with Gasteiger partial charge in [0, 0.05) is 32.4 Å². The summed E-state index contributed by atoms with van der Waals surface area (Å²) in [7, 11) is 0. The highest BCUT2D eigenvalue weighted by molar-refractivity contribution is 6.01. The van der Waals surface area contributed by atoms with Gasteiger partial charge in [-0.15, -0.1) is 0 Å². The number of nitrogens with zero attached hydrogens (tertiary/aromatic N) is 2. The molecule has 0 radical (unpaired) electrons. The van der Waals surface area contributed by atoms with Crippen molar-refractivity contribution in [2.24, 2.45) is 5.16 Å². The van der Waals surface area contributed by atoms with Crippen LogP contribution in [0.15, 0.2) is 96.2 Å². The molecule has 4 heteroatoms. The van der Waals surface area contributed by atoms with Crippen molar-refractivity contribution in [2.75, 3.05) is 13.1 Å². The van der Waals surface area contributed by atoms with Crippen LogP contribution >= 0.6 is 0 Å². The molecule has 3 aromatic carbocycles. The van der Waals surface area contributed by atoms with E-state index in [0.29, 0.717) is 13.1 Å². The fourth-order valence-electron chi connectivity index (χ4n) is 4.97. The fourth-order valence-corrected chi connectivity index (χ4v) is 4.97. The molecule has 0 bridgehead atoms. The molecule has 1 fully saturated rings. The van der Waals surface area contributed by atoms with Gasteiger partial charge in [0.1, 0.15) is 5.60 Å². The van der Waals surface area contributed by atoms with Crippen molar-refractivity contribution >= 4 is 11.6 Å². The van der Waals surface area contributed by atoms with Crippen LogP contribution in [0.3, 0.4) is 0 Å². The van der Waals surface area contributed by atoms with Gasteiger partial charge >= 0.3 is 0 Å². The summed E-state index contributed by atoms with van der Waals surface area (Å²) in [6.07, 6.45) is 2.38. The molecule has 0 N–H and O–H groups in total. The number of carbonyl (C=O) groups is 1. The van der Waals surface area contributed by atoms with Crippen molar-refractivity contribution in [3.8, 4) is 0 Å². The van der Waals surface area contributed by atoms with Gasteiger partial charge in [0.15, 0.2) is 0 Å². The Hall–Kier alpha value is -3.40. The van der Waals surface area contributed by atoms with E-state index in [9.17, 15) is 4.79 Å². The normalized spacial score (nSPS) is 17.7. The average molecular weight is 425 g/mol. The highest BCUT2D eigenvalue weighted by Gasteiger charge is 2.46. The molecule has 0 aliphatic carbocycles. The number of carbonyl (C=O) groups excluding carboxylic acids is 1. The third kappa shape index (κ3) is 3.60. The average Bonchev–Trinajstić information content (AvgIpc) is 3.28. The lowest BCUT2D eigenvalue weighted by atomic mass is 9.74. The molecule has 1 spiro atoms. The first-order chi connectivity index (χ1) is 15.6. The molecule has 32 heavy (non-hydrogen) atoms. The third-order valence-electron chi connectivity index (χ3n) is 7.04. The van der Waals surface area contributed by atoms with E-state index < -0.39 is 5.41 Å². The van der Waals surface area contributed by atoms with Gasteiger partial charge in [-0.1, -0.05) is 96.2 Å². The minimum atomic E-state index is -0.727. The quantitative estimate of drug-likeness (QED) is 0.579. The Morgan fingerprint density at radius 2 is 1.34 bits per heavy atom. The van der Waals surface area contributed by atoms with Crippen molar-refractivity contribution in [1.82, 2.24) is 4.90 Å². The van der Waals surface area contributed by atoms with E-state index in [1.807, 2.05) is 66.4 Å². The van der Waals surface area contributed by atoms with E-state index >= 15 is 0 Å². The van der Waals surface area contributed by atoms with Gasteiger partial charge in [-0.25, -0.2) is 0 Å². The summed E-state index contributed by atoms with van der Waals surface area (Å²) in [6, 6.07) is 30.4. The second kappa shape index (κ2) is 8.27. The summed E-state index contributed by atoms with van der Waals surface area (Å²) in [4.78, 5) is 22.0. The summed E-state index contributed by atoms with van der Waals surface area (Å²) >= 11 is 0. The van der Waals surface area contributed by atoms with Crippen LogP contribution in [0.25, 0.3) is 0 Å². The highest BCUT2D eigenvalue weighted by Crippen LogP contribution is 2.39. The largest absolute Gasteiger partial charge is 0.388 e. The van der Waals surface area contributed by atoms with Gasteiger partial charge < -0.3 is 9.74 Å². The van der Waals surface area contributed by atoms with Crippen molar-refractivity contribution in [3.05, 3.63) is 108 Å². The summed E-state index contributed by atoms with van der Waals surface area (Å²) in [6.45, 7) is 3.39. The molecular weight excluding hydrogens is 396 g/mol. The molecule has 162 valence electrons. The lowest BCUT2D eigenvalue weighted by molar-refractivity contribution is -0.141. The molecule has 2 aliphatic rings. The third-order valence-corrected chi connectivity index (χ3v) is 7.04. The van der Waals surface area contributed by atoms with Crippen LogP contribution < -0.4 is 0 Å². The summed E-state index contributed by atoms with van der Waals surface area (Å²) < 4.78 is 0. The van der Waals surface area contributed by atoms with Gasteiger partial charge in [0.05, 0.1) is 11.1 Å². The monoisotopic (exact) mass is 424 g/mol. The summed E-state index contributed by atoms with van der Waals surface area (Å²) in [5.41, 5.74) is 3.13.